The molecular weight excluding hydrogens is 452 g/mol. The molecule has 0 aromatic carbocycles. The number of hydrogen-bond acceptors (Lipinski definition) is 2. The van der Waals surface area contributed by atoms with Crippen LogP contribution in [-0.4, -0.2) is 12.1 Å². The van der Waals surface area contributed by atoms with E-state index in [1.807, 2.05) is 0 Å². The average Bonchev–Trinajstić information content (AvgIpc) is 3.21. The van der Waals surface area contributed by atoms with Gasteiger partial charge in [0.15, 0.2) is 0 Å². The minimum absolute atomic E-state index is 0.0485. The van der Waals surface area contributed by atoms with Crippen LogP contribution in [0.25, 0.3) is 0 Å². The lowest BCUT2D eigenvalue weighted by molar-refractivity contribution is -0.151. The van der Waals surface area contributed by atoms with Gasteiger partial charge in [-0.05, 0) is 97.7 Å². The van der Waals surface area contributed by atoms with E-state index in [0.29, 0.717) is 17.3 Å². The van der Waals surface area contributed by atoms with Crippen LogP contribution in [0.5, 0.6) is 0 Å². The van der Waals surface area contributed by atoms with Crippen molar-refractivity contribution in [2.45, 2.75) is 157 Å². The van der Waals surface area contributed by atoms with Gasteiger partial charge in [-0.2, -0.15) is 0 Å². The molecule has 0 bridgehead atoms. The van der Waals surface area contributed by atoms with Crippen LogP contribution in [0.4, 0.5) is 0 Å². The van der Waals surface area contributed by atoms with Crippen molar-refractivity contribution >= 4 is 5.97 Å². The van der Waals surface area contributed by atoms with Gasteiger partial charge in [0.25, 0.3) is 0 Å². The first kappa shape index (κ1) is 29.2. The highest BCUT2D eigenvalue weighted by Crippen LogP contribution is 2.67. The normalized spacial score (nSPS) is 37.9. The van der Waals surface area contributed by atoms with Crippen LogP contribution >= 0.6 is 0 Å². The van der Waals surface area contributed by atoms with Crippen LogP contribution in [-0.2, 0) is 9.53 Å². The number of rotatable bonds is 12. The van der Waals surface area contributed by atoms with Crippen LogP contribution in [0.3, 0.4) is 0 Å². The summed E-state index contributed by atoms with van der Waals surface area (Å²) in [5, 5.41) is 0. The van der Waals surface area contributed by atoms with E-state index in [1.54, 1.807) is 5.57 Å². The molecule has 0 N–H and O–H groups in total. The van der Waals surface area contributed by atoms with E-state index in [9.17, 15) is 4.79 Å². The fourth-order valence-corrected chi connectivity index (χ4v) is 9.87. The minimum Gasteiger partial charge on any atom is -0.462 e. The van der Waals surface area contributed by atoms with E-state index in [-0.39, 0.29) is 12.1 Å². The molecule has 4 aliphatic rings. The van der Waals surface area contributed by atoms with E-state index in [1.165, 1.54) is 77.0 Å². The van der Waals surface area contributed by atoms with Gasteiger partial charge < -0.3 is 4.74 Å². The van der Waals surface area contributed by atoms with Crippen LogP contribution in [0.15, 0.2) is 11.6 Å². The molecule has 3 saturated carbocycles. The number of carbonyl (C=O) groups is 1. The Morgan fingerprint density at radius 1 is 0.946 bits per heavy atom. The molecule has 0 aromatic rings. The standard InChI is InChI=1S/C35H60O2/c1-7-8-9-10-11-15-33(36)37-28-20-22-34(5)27(24-28)16-17-29-31-19-18-30(26(4)14-12-13-25(2)3)35(31,6)23-21-32(29)34/h16,25-26,28-32H,7-15,17-24H2,1-6H3/t26-,28+,29-,30+,31-,32-,34+,35-/m1/s1. The number of allylic oxidation sites excluding steroid dienone is 1. The van der Waals surface area contributed by atoms with E-state index in [0.717, 1.165) is 61.2 Å². The molecule has 0 unspecified atom stereocenters. The maximum Gasteiger partial charge on any atom is 0.306 e. The second kappa shape index (κ2) is 12.6. The molecule has 4 rings (SSSR count). The monoisotopic (exact) mass is 512 g/mol. The average molecular weight is 513 g/mol. The van der Waals surface area contributed by atoms with Crippen LogP contribution in [0.1, 0.15) is 151 Å². The van der Waals surface area contributed by atoms with Crippen molar-refractivity contribution in [3.8, 4) is 0 Å². The van der Waals surface area contributed by atoms with Gasteiger partial charge in [-0.15, -0.1) is 0 Å². The summed E-state index contributed by atoms with van der Waals surface area (Å²) >= 11 is 0. The highest BCUT2D eigenvalue weighted by Gasteiger charge is 2.59. The summed E-state index contributed by atoms with van der Waals surface area (Å²) in [6.07, 6.45) is 23.9. The van der Waals surface area contributed by atoms with Crippen molar-refractivity contribution in [1.82, 2.24) is 0 Å². The summed E-state index contributed by atoms with van der Waals surface area (Å²) in [5.74, 6) is 5.34. The van der Waals surface area contributed by atoms with E-state index < -0.39 is 0 Å². The van der Waals surface area contributed by atoms with Crippen molar-refractivity contribution in [2.75, 3.05) is 0 Å². The smallest absolute Gasteiger partial charge is 0.306 e. The quantitative estimate of drug-likeness (QED) is 0.148. The Labute approximate surface area is 230 Å². The maximum absolute atomic E-state index is 12.5. The van der Waals surface area contributed by atoms with E-state index in [2.05, 4.69) is 47.6 Å². The van der Waals surface area contributed by atoms with Crippen molar-refractivity contribution in [1.29, 1.82) is 0 Å². The summed E-state index contributed by atoms with van der Waals surface area (Å²) in [6, 6.07) is 0. The number of ether oxygens (including phenoxy) is 1. The Morgan fingerprint density at radius 2 is 1.73 bits per heavy atom. The molecule has 2 heteroatoms. The molecule has 0 radical (unpaired) electrons. The predicted molar refractivity (Wildman–Crippen MR) is 156 cm³/mol. The number of carbonyl (C=O) groups excluding carboxylic acids is 1. The van der Waals surface area contributed by atoms with Crippen LogP contribution in [0.2, 0.25) is 0 Å². The number of hydrogen-bond donors (Lipinski definition) is 0. The fraction of sp³-hybridized carbons (Fsp3) is 0.914. The molecule has 8 atom stereocenters. The Morgan fingerprint density at radius 3 is 2.49 bits per heavy atom. The Hall–Kier alpha value is -0.790. The lowest BCUT2D eigenvalue weighted by Gasteiger charge is -2.58. The molecule has 2 nitrogen and oxygen atoms in total. The molecule has 3 fully saturated rings. The fourth-order valence-electron chi connectivity index (χ4n) is 9.87. The molecule has 0 saturated heterocycles. The van der Waals surface area contributed by atoms with Gasteiger partial charge in [-0.1, -0.05) is 98.1 Å². The summed E-state index contributed by atoms with van der Waals surface area (Å²) < 4.78 is 6.02. The highest BCUT2D eigenvalue weighted by atomic mass is 16.5. The summed E-state index contributed by atoms with van der Waals surface area (Å²) in [5.41, 5.74) is 2.54. The second-order valence-corrected chi connectivity index (χ2v) is 14.8. The molecule has 37 heavy (non-hydrogen) atoms. The molecule has 212 valence electrons. The molecule has 0 aliphatic heterocycles. The first-order chi connectivity index (χ1) is 17.7. The van der Waals surface area contributed by atoms with E-state index in [4.69, 9.17) is 4.74 Å². The van der Waals surface area contributed by atoms with Gasteiger partial charge in [-0.25, -0.2) is 0 Å². The Balaban J connectivity index is 1.34. The first-order valence-corrected chi connectivity index (χ1v) is 16.6. The Bertz CT molecular complexity index is 782. The molecule has 4 aliphatic carbocycles. The summed E-state index contributed by atoms with van der Waals surface area (Å²) in [4.78, 5) is 12.5. The SMILES string of the molecule is CCCCCCCC(=O)O[C@H]1CC[C@@]2(C)C(=CC[C@@H]3[C@H]4CC[C@@H]([C@H](C)CCCC(C)C)[C@@]4(C)CC[C@H]32)C1. The maximum atomic E-state index is 12.5. The molecule has 0 aromatic heterocycles. The summed E-state index contributed by atoms with van der Waals surface area (Å²) in [7, 11) is 0. The number of unbranched alkanes of at least 4 members (excludes halogenated alkanes) is 4. The third-order valence-electron chi connectivity index (χ3n) is 12.0. The van der Waals surface area contributed by atoms with Gasteiger partial charge in [0.05, 0.1) is 0 Å². The van der Waals surface area contributed by atoms with Gasteiger partial charge in [0, 0.05) is 12.8 Å². The molecule has 0 heterocycles. The largest absolute Gasteiger partial charge is 0.462 e. The van der Waals surface area contributed by atoms with Crippen molar-refractivity contribution in [3.63, 3.8) is 0 Å². The van der Waals surface area contributed by atoms with Crippen LogP contribution < -0.4 is 0 Å². The minimum atomic E-state index is 0.0485. The van der Waals surface area contributed by atoms with Crippen molar-refractivity contribution in [2.24, 2.45) is 46.3 Å². The highest BCUT2D eigenvalue weighted by molar-refractivity contribution is 5.69. The van der Waals surface area contributed by atoms with Gasteiger partial charge in [0.1, 0.15) is 6.10 Å². The van der Waals surface area contributed by atoms with Gasteiger partial charge in [-0.3, -0.25) is 4.79 Å². The van der Waals surface area contributed by atoms with Crippen molar-refractivity contribution < 1.29 is 9.53 Å². The number of fused-ring (bicyclic) bond motifs is 5. The third kappa shape index (κ3) is 6.35. The third-order valence-corrected chi connectivity index (χ3v) is 12.0. The van der Waals surface area contributed by atoms with Gasteiger partial charge in [0.2, 0.25) is 0 Å². The zero-order valence-corrected chi connectivity index (χ0v) is 25.5. The molecule has 0 spiro atoms. The number of esters is 1. The van der Waals surface area contributed by atoms with Crippen LogP contribution in [0, 0.1) is 46.3 Å². The lowest BCUT2D eigenvalue weighted by atomic mass is 9.47. The zero-order valence-electron chi connectivity index (χ0n) is 25.5. The molecular formula is C35H60O2. The summed E-state index contributed by atoms with van der Waals surface area (Å²) in [6.45, 7) is 14.9. The predicted octanol–water partition coefficient (Wildman–Crippen LogP) is 10.3. The first-order valence-electron chi connectivity index (χ1n) is 16.6. The second-order valence-electron chi connectivity index (χ2n) is 14.8. The van der Waals surface area contributed by atoms with Gasteiger partial charge >= 0.3 is 5.97 Å². The van der Waals surface area contributed by atoms with E-state index >= 15 is 0 Å². The lowest BCUT2D eigenvalue weighted by Crippen LogP contribution is -2.51. The topological polar surface area (TPSA) is 26.3 Å². The van der Waals surface area contributed by atoms with Crippen molar-refractivity contribution in [3.05, 3.63) is 11.6 Å². The zero-order chi connectivity index (χ0) is 26.6. The molecule has 0 amide bonds. The Kier molecular flexibility index (Phi) is 9.94.